The number of para-hydroxylation sites is 1. The third kappa shape index (κ3) is 5.84. The summed E-state index contributed by atoms with van der Waals surface area (Å²) < 4.78 is 66.6. The number of hydrogen-bond acceptors (Lipinski definition) is 4. The molecule has 0 saturated heterocycles. The van der Waals surface area contributed by atoms with Gasteiger partial charge >= 0.3 is 0 Å². The second-order valence-corrected chi connectivity index (χ2v) is 10.8. The van der Waals surface area contributed by atoms with E-state index in [1.165, 1.54) is 12.4 Å². The third-order valence-corrected chi connectivity index (χ3v) is 7.71. The summed E-state index contributed by atoms with van der Waals surface area (Å²) in [4.78, 5) is 8.63. The molecule has 223 valence electrons. The van der Waals surface area contributed by atoms with Gasteiger partial charge in [0.05, 0.1) is 0 Å². The number of hydrogen-bond donors (Lipinski definition) is 0. The molecule has 0 spiro atoms. The minimum atomic E-state index is -2.36. The van der Waals surface area contributed by atoms with E-state index in [1.807, 2.05) is 66.7 Å². The van der Waals surface area contributed by atoms with Crippen LogP contribution in [0.3, 0.4) is 0 Å². The maximum Gasteiger partial charge on any atom is 0.241 e. The monoisotopic (exact) mass is 770 g/mol. The van der Waals surface area contributed by atoms with E-state index in [9.17, 15) is 0 Å². The molecule has 2 aromatic heterocycles. The van der Waals surface area contributed by atoms with Crippen molar-refractivity contribution < 1.29 is 39.2 Å². The summed E-state index contributed by atoms with van der Waals surface area (Å²) in [5.41, 5.74) is 6.48. The van der Waals surface area contributed by atoms with Crippen molar-refractivity contribution in [1.29, 1.82) is 0 Å². The first-order chi connectivity index (χ1) is 24.2. The summed E-state index contributed by atoms with van der Waals surface area (Å²) in [6.07, 6.45) is 2.75. The zero-order valence-corrected chi connectivity index (χ0v) is 26.9. The fourth-order valence-electron chi connectivity index (χ4n) is 5.64. The molecule has 0 unspecified atom stereocenters. The van der Waals surface area contributed by atoms with Crippen molar-refractivity contribution in [2.75, 3.05) is 0 Å². The van der Waals surface area contributed by atoms with Gasteiger partial charge in [-0.1, -0.05) is 61.9 Å². The number of aryl methyl sites for hydroxylation is 2. The van der Waals surface area contributed by atoms with Gasteiger partial charge in [0.1, 0.15) is 17.2 Å². The van der Waals surface area contributed by atoms with Crippen LogP contribution in [-0.4, -0.2) is 16.7 Å². The van der Waals surface area contributed by atoms with Crippen LogP contribution in [0.15, 0.2) is 109 Å². The molecule has 4 heterocycles. The van der Waals surface area contributed by atoms with Crippen molar-refractivity contribution in [2.24, 2.45) is 0 Å². The van der Waals surface area contributed by atoms with Gasteiger partial charge in [-0.2, -0.15) is 0 Å². The molecule has 0 N–H and O–H groups in total. The summed E-state index contributed by atoms with van der Waals surface area (Å²) in [5.74, 6) is 1.78. The van der Waals surface area contributed by atoms with Gasteiger partial charge in [-0.3, -0.25) is 0 Å². The van der Waals surface area contributed by atoms with Crippen LogP contribution in [0.5, 0.6) is 23.0 Å². The van der Waals surface area contributed by atoms with Gasteiger partial charge in [-0.25, -0.2) is 0 Å². The Kier molecular flexibility index (Phi) is 6.54. The number of ether oxygens (including phenoxy) is 2. The number of aromatic nitrogens is 2. The van der Waals surface area contributed by atoms with Gasteiger partial charge in [0.2, 0.25) is 6.71 Å². The first-order valence-corrected chi connectivity index (χ1v) is 14.3. The van der Waals surface area contributed by atoms with Gasteiger partial charge in [-0.15, -0.1) is 59.6 Å². The van der Waals surface area contributed by atoms with Crippen LogP contribution in [0.2, 0.25) is 0 Å². The Morgan fingerprint density at radius 2 is 1.56 bits per heavy atom. The second-order valence-electron chi connectivity index (χ2n) is 10.8. The predicted octanol–water partition coefficient (Wildman–Crippen LogP) is 7.56. The van der Waals surface area contributed by atoms with Crippen molar-refractivity contribution >= 4 is 23.1 Å². The van der Waals surface area contributed by atoms with Crippen LogP contribution >= 0.6 is 0 Å². The third-order valence-electron chi connectivity index (χ3n) is 7.71. The molecule has 0 fully saturated rings. The summed E-state index contributed by atoms with van der Waals surface area (Å²) in [6.45, 7) is -1.18. The molecular weight excluding hydrogens is 731 g/mol. The van der Waals surface area contributed by atoms with Gasteiger partial charge in [0.15, 0.2) is 0 Å². The Balaban J connectivity index is 0.000000230. The van der Waals surface area contributed by atoms with Crippen molar-refractivity contribution in [3.63, 3.8) is 0 Å². The van der Waals surface area contributed by atoms with Crippen LogP contribution in [0, 0.1) is 25.8 Å². The fraction of sp³-hybridized carbons (Fsp3) is 0.128. The standard InChI is InChI=1S/C27H21BNO2.C12H10N.Ir/c1-16(2)19-14-22(29-15-17(19)3)18-8-6-10-21-27(18)31-25-13-7-12-24-26(25)28(21)20-9-4-5-11-23(20)30-24;1-10-7-8-12(13-9-10)11-5-3-2-4-6-11;/h4-7,9-16H,1-3H3;2-5,7-9H,1H3;/q2*-1;/i3D3,16D;1D3;. The molecule has 4 nitrogen and oxygen atoms in total. The maximum absolute atomic E-state index is 8.58. The quantitative estimate of drug-likeness (QED) is 0.138. The van der Waals surface area contributed by atoms with Crippen molar-refractivity contribution in [1.82, 2.24) is 9.97 Å². The minimum Gasteiger partial charge on any atom is -0.503 e. The van der Waals surface area contributed by atoms with Crippen molar-refractivity contribution in [3.05, 3.63) is 138 Å². The summed E-state index contributed by atoms with van der Waals surface area (Å²) in [7, 11) is 0. The molecule has 1 radical (unpaired) electrons. The van der Waals surface area contributed by atoms with E-state index in [0.717, 1.165) is 39.1 Å². The number of benzene rings is 4. The van der Waals surface area contributed by atoms with Gasteiger partial charge < -0.3 is 19.4 Å². The largest absolute Gasteiger partial charge is 0.503 e. The normalized spacial score (nSPS) is 15.0. The fourth-order valence-corrected chi connectivity index (χ4v) is 5.64. The minimum absolute atomic E-state index is 0. The van der Waals surface area contributed by atoms with Gasteiger partial charge in [0, 0.05) is 53.3 Å². The molecule has 2 aliphatic rings. The summed E-state index contributed by atoms with van der Waals surface area (Å²) in [5, 5.41) is 0. The molecule has 6 aromatic rings. The average molecular weight is 770 g/mol. The number of rotatable bonds is 3. The maximum atomic E-state index is 8.58. The zero-order valence-electron chi connectivity index (χ0n) is 31.5. The molecule has 0 atom stereocenters. The number of nitrogens with zero attached hydrogens (tertiary/aromatic N) is 2. The van der Waals surface area contributed by atoms with E-state index in [4.69, 9.17) is 19.1 Å². The molecule has 2 aliphatic heterocycles. The predicted molar refractivity (Wildman–Crippen MR) is 178 cm³/mol. The topological polar surface area (TPSA) is 44.2 Å². The Hall–Kier alpha value is -4.51. The first kappa shape index (κ1) is 22.9. The number of pyridine rings is 2. The van der Waals surface area contributed by atoms with Crippen LogP contribution < -0.4 is 25.9 Å². The average Bonchev–Trinajstić information content (AvgIpc) is 3.10. The molecule has 6 heteroatoms. The summed E-state index contributed by atoms with van der Waals surface area (Å²) in [6, 6.07) is 36.3. The van der Waals surface area contributed by atoms with E-state index in [2.05, 4.69) is 28.2 Å². The molecule has 45 heavy (non-hydrogen) atoms. The van der Waals surface area contributed by atoms with Crippen molar-refractivity contribution in [2.45, 2.75) is 33.4 Å². The Morgan fingerprint density at radius 3 is 2.31 bits per heavy atom. The molecule has 0 bridgehead atoms. The SMILES string of the molecule is [2H]C([2H])([2H])c1ccc(-c2[c-]cccc2)nc1.[2H]C([2H])([2H])c1cnc(-c2[c-]ccc3c2Oc2cccc4c2B3c2ccccc2O4)cc1C([2H])(C)C.[Ir]. The van der Waals surface area contributed by atoms with Gasteiger partial charge in [0.25, 0.3) is 0 Å². The Labute approximate surface area is 288 Å². The van der Waals surface area contributed by atoms with Crippen LogP contribution in [0.4, 0.5) is 0 Å². The molecule has 4 aromatic carbocycles. The van der Waals surface area contributed by atoms with Gasteiger partial charge in [-0.05, 0) is 71.3 Å². The first-order valence-electron chi connectivity index (χ1n) is 17.8. The molecule has 8 rings (SSSR count). The van der Waals surface area contributed by atoms with E-state index >= 15 is 0 Å². The Morgan fingerprint density at radius 1 is 0.756 bits per heavy atom. The van der Waals surface area contributed by atoms with E-state index < -0.39 is 19.6 Å². The van der Waals surface area contributed by atoms with E-state index in [1.54, 1.807) is 38.1 Å². The zero-order chi connectivity index (χ0) is 36.1. The molecular formula is C39H31BIrN2O2-2. The molecule has 0 amide bonds. The summed E-state index contributed by atoms with van der Waals surface area (Å²) >= 11 is 0. The van der Waals surface area contributed by atoms with E-state index in [-0.39, 0.29) is 37.9 Å². The van der Waals surface area contributed by atoms with Crippen LogP contribution in [-0.2, 0) is 20.1 Å². The Bertz CT molecular complexity index is 2240. The van der Waals surface area contributed by atoms with Crippen molar-refractivity contribution in [3.8, 4) is 45.5 Å². The van der Waals surface area contributed by atoms with Crippen LogP contribution in [0.1, 0.15) is 46.0 Å². The van der Waals surface area contributed by atoms with Crippen LogP contribution in [0.25, 0.3) is 22.5 Å². The molecule has 0 saturated carbocycles. The number of fused-ring (bicyclic) bond motifs is 4. The second kappa shape index (κ2) is 12.8. The molecule has 0 aliphatic carbocycles. The smallest absolute Gasteiger partial charge is 0.241 e. The van der Waals surface area contributed by atoms with E-state index in [0.29, 0.717) is 28.3 Å².